The highest BCUT2D eigenvalue weighted by molar-refractivity contribution is 14.0. The molecular weight excluding hydrogens is 521 g/mol. The number of hydrogen-bond donors (Lipinski definition) is 2. The number of guanidine groups is 1. The summed E-state index contributed by atoms with van der Waals surface area (Å²) in [6, 6.07) is 0. The molecule has 0 aliphatic carbocycles. The summed E-state index contributed by atoms with van der Waals surface area (Å²) in [5, 5.41) is 3.29. The van der Waals surface area contributed by atoms with Crippen molar-refractivity contribution in [2.45, 2.75) is 52.6 Å². The fourth-order valence-corrected chi connectivity index (χ4v) is 3.69. The van der Waals surface area contributed by atoms with Gasteiger partial charge in [-0.25, -0.2) is 17.9 Å². The van der Waals surface area contributed by atoms with E-state index in [-0.39, 0.29) is 30.1 Å². The molecule has 0 aromatic heterocycles. The van der Waals surface area contributed by atoms with Crippen molar-refractivity contribution in [1.29, 1.82) is 0 Å². The van der Waals surface area contributed by atoms with Crippen molar-refractivity contribution < 1.29 is 17.9 Å². The molecule has 1 saturated heterocycles. The largest absolute Gasteiger partial charge is 0.444 e. The zero-order valence-corrected chi connectivity index (χ0v) is 22.4. The molecule has 1 aliphatic rings. The number of aliphatic imine (C=N–C) groups is 1. The molecule has 0 saturated carbocycles. The molecule has 1 amide bonds. The van der Waals surface area contributed by atoms with Crippen LogP contribution >= 0.6 is 24.0 Å². The van der Waals surface area contributed by atoms with Crippen LogP contribution in [0, 0.1) is 5.92 Å². The van der Waals surface area contributed by atoms with Crippen LogP contribution in [0.15, 0.2) is 4.99 Å². The summed E-state index contributed by atoms with van der Waals surface area (Å²) in [6.07, 6.45) is 3.56. The summed E-state index contributed by atoms with van der Waals surface area (Å²) in [4.78, 5) is 20.7. The van der Waals surface area contributed by atoms with Crippen LogP contribution in [0.3, 0.4) is 0 Å². The summed E-state index contributed by atoms with van der Waals surface area (Å²) >= 11 is 0. The maximum absolute atomic E-state index is 12.3. The zero-order valence-electron chi connectivity index (χ0n) is 19.2. The van der Waals surface area contributed by atoms with Crippen molar-refractivity contribution in [1.82, 2.24) is 19.8 Å². The van der Waals surface area contributed by atoms with E-state index in [2.05, 4.69) is 19.9 Å². The first-order valence-corrected chi connectivity index (χ1v) is 12.2. The molecule has 1 heterocycles. The molecule has 0 atom stereocenters. The van der Waals surface area contributed by atoms with Gasteiger partial charge in [-0.2, -0.15) is 0 Å². The molecule has 0 unspecified atom stereocenters. The molecule has 0 aromatic rings. The van der Waals surface area contributed by atoms with Gasteiger partial charge in [-0.3, -0.25) is 4.99 Å². The lowest BCUT2D eigenvalue weighted by atomic mass is 9.96. The van der Waals surface area contributed by atoms with Gasteiger partial charge in [-0.05, 0) is 52.9 Å². The number of carbonyl (C=O) groups excluding carboxylic acids is 1. The third kappa shape index (κ3) is 12.1. The van der Waals surface area contributed by atoms with Gasteiger partial charge in [-0.1, -0.05) is 0 Å². The molecule has 1 fully saturated rings. The zero-order chi connectivity index (χ0) is 22.1. The topological polar surface area (TPSA) is 103 Å². The number of piperidine rings is 1. The first-order valence-electron chi connectivity index (χ1n) is 10.3. The van der Waals surface area contributed by atoms with Crippen molar-refractivity contribution in [2.24, 2.45) is 10.9 Å². The molecule has 9 nitrogen and oxygen atoms in total. The van der Waals surface area contributed by atoms with Crippen LogP contribution in [-0.2, 0) is 14.8 Å². The third-order valence-corrected chi connectivity index (χ3v) is 5.37. The Morgan fingerprint density at radius 3 is 2.30 bits per heavy atom. The Morgan fingerprint density at radius 1 is 1.23 bits per heavy atom. The number of ether oxygens (including phenoxy) is 1. The highest BCUT2D eigenvalue weighted by Crippen LogP contribution is 2.20. The van der Waals surface area contributed by atoms with Gasteiger partial charge < -0.3 is 19.9 Å². The van der Waals surface area contributed by atoms with E-state index >= 15 is 0 Å². The monoisotopic (exact) mass is 561 g/mol. The molecule has 178 valence electrons. The smallest absolute Gasteiger partial charge is 0.410 e. The fourth-order valence-electron chi connectivity index (χ4n) is 3.18. The predicted octanol–water partition coefficient (Wildman–Crippen LogP) is 2.09. The highest BCUT2D eigenvalue weighted by Gasteiger charge is 2.27. The Labute approximate surface area is 199 Å². The van der Waals surface area contributed by atoms with Gasteiger partial charge in [0.2, 0.25) is 10.0 Å². The third-order valence-electron chi connectivity index (χ3n) is 4.64. The van der Waals surface area contributed by atoms with E-state index in [0.717, 1.165) is 38.1 Å². The molecule has 0 aromatic carbocycles. The number of likely N-dealkylation sites (tertiary alicyclic amines) is 1. The van der Waals surface area contributed by atoms with E-state index in [4.69, 9.17) is 4.74 Å². The number of nitrogens with one attached hydrogen (secondary N) is 2. The summed E-state index contributed by atoms with van der Waals surface area (Å²) in [6.45, 7) is 11.8. The average Bonchev–Trinajstić information content (AvgIpc) is 2.61. The number of carbonyl (C=O) groups is 1. The molecule has 0 radical (unpaired) electrons. The second kappa shape index (κ2) is 13.6. The van der Waals surface area contributed by atoms with Gasteiger partial charge >= 0.3 is 6.09 Å². The minimum absolute atomic E-state index is 0. The Kier molecular flexibility index (Phi) is 13.2. The predicted molar refractivity (Wildman–Crippen MR) is 132 cm³/mol. The van der Waals surface area contributed by atoms with Crippen molar-refractivity contribution >= 4 is 46.1 Å². The summed E-state index contributed by atoms with van der Waals surface area (Å²) in [5.74, 6) is 1.28. The van der Waals surface area contributed by atoms with Crippen LogP contribution < -0.4 is 10.0 Å². The second-order valence-electron chi connectivity index (χ2n) is 8.44. The Morgan fingerprint density at radius 2 is 1.83 bits per heavy atom. The molecule has 1 aliphatic heterocycles. The Hall–Kier alpha value is -0.820. The highest BCUT2D eigenvalue weighted by atomic mass is 127. The molecule has 0 bridgehead atoms. The van der Waals surface area contributed by atoms with E-state index in [1.807, 2.05) is 27.7 Å². The first-order chi connectivity index (χ1) is 13.4. The first kappa shape index (κ1) is 29.2. The second-order valence-corrected chi connectivity index (χ2v) is 10.3. The maximum atomic E-state index is 12.3. The van der Waals surface area contributed by atoms with Crippen molar-refractivity contribution in [3.05, 3.63) is 0 Å². The van der Waals surface area contributed by atoms with Crippen molar-refractivity contribution in [2.75, 3.05) is 52.6 Å². The van der Waals surface area contributed by atoms with E-state index in [1.165, 1.54) is 0 Å². The number of rotatable bonds is 8. The van der Waals surface area contributed by atoms with Crippen molar-refractivity contribution in [3.8, 4) is 0 Å². The average molecular weight is 562 g/mol. The molecule has 1 rings (SSSR count). The van der Waals surface area contributed by atoms with Crippen molar-refractivity contribution in [3.63, 3.8) is 0 Å². The molecule has 2 N–H and O–H groups in total. The van der Waals surface area contributed by atoms with Gasteiger partial charge in [0.05, 0.1) is 6.26 Å². The number of sulfonamides is 1. The summed E-state index contributed by atoms with van der Waals surface area (Å²) < 4.78 is 30.1. The van der Waals surface area contributed by atoms with E-state index in [1.54, 1.807) is 11.9 Å². The van der Waals surface area contributed by atoms with Crippen LogP contribution in [0.5, 0.6) is 0 Å². The normalized spacial score (nSPS) is 16.1. The lowest BCUT2D eigenvalue weighted by molar-refractivity contribution is 0.0214. The van der Waals surface area contributed by atoms with Crippen LogP contribution in [0.4, 0.5) is 4.79 Å². The van der Waals surface area contributed by atoms with Gasteiger partial charge in [0.15, 0.2) is 5.96 Å². The van der Waals surface area contributed by atoms with E-state index in [9.17, 15) is 13.2 Å². The van der Waals surface area contributed by atoms with Gasteiger partial charge in [0.1, 0.15) is 5.60 Å². The maximum Gasteiger partial charge on any atom is 0.410 e. The summed E-state index contributed by atoms with van der Waals surface area (Å²) in [7, 11) is -1.39. The van der Waals surface area contributed by atoms with Crippen LogP contribution in [-0.4, -0.2) is 88.4 Å². The quantitative estimate of drug-likeness (QED) is 0.204. The fraction of sp³-hybridized carbons (Fsp3) is 0.895. The number of amides is 1. The van der Waals surface area contributed by atoms with Crippen LogP contribution in [0.1, 0.15) is 47.0 Å². The molecule has 0 spiro atoms. The van der Waals surface area contributed by atoms with Crippen LogP contribution in [0.25, 0.3) is 0 Å². The number of halogens is 1. The lowest BCUT2D eigenvalue weighted by Gasteiger charge is -2.36. The van der Waals surface area contributed by atoms with Gasteiger partial charge in [0, 0.05) is 46.3 Å². The molecule has 11 heteroatoms. The Balaban J connectivity index is 0.00000841. The number of hydrogen-bond acceptors (Lipinski definition) is 5. The van der Waals surface area contributed by atoms with E-state index in [0.29, 0.717) is 38.5 Å². The molecular formula is C19H40IN5O4S. The SMILES string of the molecule is CCN(CC1CCN(C(=NC)NCCCNS(C)(=O)=O)CC1)C(=O)OC(C)(C)C.I. The van der Waals surface area contributed by atoms with Gasteiger partial charge in [-0.15, -0.1) is 24.0 Å². The summed E-state index contributed by atoms with van der Waals surface area (Å²) in [5.41, 5.74) is -0.483. The Bertz CT molecular complexity index is 644. The minimum atomic E-state index is -3.14. The lowest BCUT2D eigenvalue weighted by Crippen LogP contribution is -2.48. The number of nitrogens with zero attached hydrogens (tertiary/aromatic N) is 3. The molecule has 30 heavy (non-hydrogen) atoms. The van der Waals surface area contributed by atoms with Gasteiger partial charge in [0.25, 0.3) is 0 Å². The standard InChI is InChI=1S/C19H39N5O4S.HI/c1-7-23(18(25)28-19(2,3)4)15-16-9-13-24(14-10-16)17(20-5)21-11-8-12-22-29(6,26)27;/h16,22H,7-15H2,1-6H3,(H,20,21);1H. The van der Waals surface area contributed by atoms with Crippen LogP contribution in [0.2, 0.25) is 0 Å². The minimum Gasteiger partial charge on any atom is -0.444 e. The van der Waals surface area contributed by atoms with E-state index < -0.39 is 15.6 Å².